The fourth-order valence-corrected chi connectivity index (χ4v) is 3.51. The van der Waals surface area contributed by atoms with Crippen molar-refractivity contribution >= 4 is 11.8 Å². The van der Waals surface area contributed by atoms with E-state index in [0.717, 1.165) is 33.6 Å². The molecule has 0 unspecified atom stereocenters. The second-order valence-corrected chi connectivity index (χ2v) is 6.46. The van der Waals surface area contributed by atoms with Crippen molar-refractivity contribution in [3.63, 3.8) is 0 Å². The van der Waals surface area contributed by atoms with Crippen molar-refractivity contribution in [2.75, 3.05) is 20.3 Å². The minimum Gasteiger partial charge on any atom is -0.494 e. The topological polar surface area (TPSA) is 62.1 Å². The van der Waals surface area contributed by atoms with Gasteiger partial charge in [-0.15, -0.1) is 10.2 Å². The van der Waals surface area contributed by atoms with E-state index in [0.29, 0.717) is 19.8 Å². The van der Waals surface area contributed by atoms with Crippen LogP contribution in [0, 0.1) is 0 Å². The summed E-state index contributed by atoms with van der Waals surface area (Å²) in [5.41, 5.74) is 2.14. The van der Waals surface area contributed by atoms with Crippen LogP contribution in [-0.4, -0.2) is 40.1 Å². The van der Waals surface area contributed by atoms with Gasteiger partial charge in [0.2, 0.25) is 0 Å². The van der Waals surface area contributed by atoms with E-state index in [1.54, 1.807) is 31.3 Å². The average Bonchev–Trinajstić information content (AvgIpc) is 3.09. The van der Waals surface area contributed by atoms with Gasteiger partial charge in [0.1, 0.15) is 5.75 Å². The zero-order valence-electron chi connectivity index (χ0n) is 15.0. The molecular formula is C19H22N4O2S. The monoisotopic (exact) mass is 370 g/mol. The average molecular weight is 370 g/mol. The van der Waals surface area contributed by atoms with E-state index in [2.05, 4.69) is 25.8 Å². The molecule has 6 nitrogen and oxygen atoms in total. The first kappa shape index (κ1) is 18.4. The van der Waals surface area contributed by atoms with E-state index >= 15 is 0 Å². The smallest absolute Gasteiger partial charge is 0.191 e. The number of aromatic nitrogens is 4. The summed E-state index contributed by atoms with van der Waals surface area (Å²) >= 11 is 1.64. The molecule has 0 aliphatic heterocycles. The zero-order valence-corrected chi connectivity index (χ0v) is 15.8. The summed E-state index contributed by atoms with van der Waals surface area (Å²) in [7, 11) is 1.70. The van der Waals surface area contributed by atoms with Crippen LogP contribution in [0.3, 0.4) is 0 Å². The Bertz CT molecular complexity index is 823. The number of benzene rings is 1. The predicted octanol–water partition coefficient (Wildman–Crippen LogP) is 3.68. The number of hydrogen-bond donors (Lipinski definition) is 0. The molecule has 0 amide bonds. The Hall–Kier alpha value is -2.38. The number of nitrogens with zero attached hydrogens (tertiary/aromatic N) is 4. The van der Waals surface area contributed by atoms with Crippen LogP contribution in [-0.2, 0) is 17.0 Å². The van der Waals surface area contributed by atoms with Crippen molar-refractivity contribution in [2.45, 2.75) is 24.4 Å². The minimum atomic E-state index is 0.596. The molecule has 7 heteroatoms. The van der Waals surface area contributed by atoms with Crippen LogP contribution in [0.25, 0.3) is 11.4 Å². The van der Waals surface area contributed by atoms with Gasteiger partial charge >= 0.3 is 0 Å². The Labute approximate surface area is 157 Å². The lowest BCUT2D eigenvalue weighted by Gasteiger charge is -2.11. The molecule has 3 rings (SSSR count). The Balaban J connectivity index is 1.83. The van der Waals surface area contributed by atoms with Crippen LogP contribution in [0.4, 0.5) is 0 Å². The van der Waals surface area contributed by atoms with Gasteiger partial charge in [0.15, 0.2) is 11.0 Å². The maximum atomic E-state index is 5.71. The summed E-state index contributed by atoms with van der Waals surface area (Å²) in [5.74, 6) is 2.50. The molecule has 0 atom stereocenters. The van der Waals surface area contributed by atoms with Gasteiger partial charge in [-0.3, -0.25) is 9.55 Å². The number of hydrogen-bond acceptors (Lipinski definition) is 6. The van der Waals surface area contributed by atoms with Gasteiger partial charge in [0.25, 0.3) is 0 Å². The third-order valence-corrected chi connectivity index (χ3v) is 4.82. The van der Waals surface area contributed by atoms with Crippen LogP contribution < -0.4 is 4.74 Å². The molecule has 0 saturated carbocycles. The van der Waals surface area contributed by atoms with E-state index in [9.17, 15) is 0 Å². The molecule has 2 heterocycles. The number of para-hydroxylation sites is 1. The van der Waals surface area contributed by atoms with Crippen molar-refractivity contribution in [1.82, 2.24) is 19.7 Å². The van der Waals surface area contributed by atoms with Crippen molar-refractivity contribution < 1.29 is 9.47 Å². The number of ether oxygens (including phenoxy) is 2. The van der Waals surface area contributed by atoms with Gasteiger partial charge < -0.3 is 9.47 Å². The zero-order chi connectivity index (χ0) is 18.2. The first-order valence-corrected chi connectivity index (χ1v) is 9.48. The number of rotatable bonds is 9. The van der Waals surface area contributed by atoms with E-state index in [4.69, 9.17) is 9.47 Å². The second kappa shape index (κ2) is 9.35. The van der Waals surface area contributed by atoms with Crippen molar-refractivity contribution in [3.8, 4) is 17.1 Å². The molecule has 136 valence electrons. The standard InChI is InChI=1S/C19H22N4O2S/c1-3-25-17-7-5-4-6-16(17)14-26-19-22-21-18(23(19)12-13-24-2)15-8-10-20-11-9-15/h4-11H,3,12-14H2,1-2H3. The number of pyridine rings is 1. The molecule has 0 fully saturated rings. The van der Waals surface area contributed by atoms with Gasteiger partial charge in [-0.25, -0.2) is 0 Å². The Morgan fingerprint density at radius 1 is 1.08 bits per heavy atom. The third-order valence-electron chi connectivity index (χ3n) is 3.80. The Morgan fingerprint density at radius 2 is 1.88 bits per heavy atom. The fourth-order valence-electron chi connectivity index (χ4n) is 2.56. The van der Waals surface area contributed by atoms with Crippen LogP contribution in [0.5, 0.6) is 5.75 Å². The van der Waals surface area contributed by atoms with Crippen molar-refractivity contribution in [1.29, 1.82) is 0 Å². The highest BCUT2D eigenvalue weighted by Crippen LogP contribution is 2.29. The van der Waals surface area contributed by atoms with Gasteiger partial charge in [-0.2, -0.15) is 0 Å². The first-order valence-electron chi connectivity index (χ1n) is 8.49. The summed E-state index contributed by atoms with van der Waals surface area (Å²) in [6.07, 6.45) is 3.52. The maximum Gasteiger partial charge on any atom is 0.191 e. The summed E-state index contributed by atoms with van der Waals surface area (Å²) in [6, 6.07) is 12.0. The maximum absolute atomic E-state index is 5.71. The summed E-state index contributed by atoms with van der Waals surface area (Å²) < 4.78 is 13.1. The molecule has 0 aliphatic carbocycles. The fraction of sp³-hybridized carbons (Fsp3) is 0.316. The lowest BCUT2D eigenvalue weighted by Crippen LogP contribution is -2.07. The van der Waals surface area contributed by atoms with Gasteiger partial charge in [0.05, 0.1) is 19.8 Å². The van der Waals surface area contributed by atoms with Gasteiger partial charge in [-0.05, 0) is 25.1 Å². The van der Waals surface area contributed by atoms with Gasteiger partial charge in [-0.1, -0.05) is 30.0 Å². The summed E-state index contributed by atoms with van der Waals surface area (Å²) in [5, 5.41) is 9.64. The van der Waals surface area contributed by atoms with Crippen LogP contribution >= 0.6 is 11.8 Å². The molecule has 26 heavy (non-hydrogen) atoms. The largest absolute Gasteiger partial charge is 0.494 e. The van der Waals surface area contributed by atoms with Crippen molar-refractivity contribution in [2.24, 2.45) is 0 Å². The van der Waals surface area contributed by atoms with Crippen LogP contribution in [0.15, 0.2) is 53.9 Å². The molecule has 3 aromatic rings. The molecule has 0 spiro atoms. The van der Waals surface area contributed by atoms with Gasteiger partial charge in [0, 0.05) is 36.4 Å². The highest BCUT2D eigenvalue weighted by atomic mass is 32.2. The Morgan fingerprint density at radius 3 is 2.65 bits per heavy atom. The lowest BCUT2D eigenvalue weighted by atomic mass is 10.2. The first-order chi connectivity index (χ1) is 12.8. The SMILES string of the molecule is CCOc1ccccc1CSc1nnc(-c2ccncc2)n1CCOC. The predicted molar refractivity (Wildman–Crippen MR) is 102 cm³/mol. The quantitative estimate of drug-likeness (QED) is 0.536. The van der Waals surface area contributed by atoms with E-state index in [1.807, 2.05) is 37.3 Å². The van der Waals surface area contributed by atoms with Crippen molar-refractivity contribution in [3.05, 3.63) is 54.4 Å². The highest BCUT2D eigenvalue weighted by molar-refractivity contribution is 7.98. The number of thioether (sulfide) groups is 1. The molecule has 0 radical (unpaired) electrons. The third kappa shape index (κ3) is 4.42. The molecular weight excluding hydrogens is 348 g/mol. The second-order valence-electron chi connectivity index (χ2n) is 5.52. The summed E-state index contributed by atoms with van der Waals surface area (Å²) in [6.45, 7) is 3.93. The molecule has 2 aromatic heterocycles. The number of methoxy groups -OCH3 is 1. The van der Waals surface area contributed by atoms with E-state index in [-0.39, 0.29) is 0 Å². The molecule has 0 aliphatic rings. The molecule has 0 saturated heterocycles. The van der Waals surface area contributed by atoms with Crippen LogP contribution in [0.1, 0.15) is 12.5 Å². The molecule has 1 aromatic carbocycles. The highest BCUT2D eigenvalue weighted by Gasteiger charge is 2.15. The van der Waals surface area contributed by atoms with Crippen LogP contribution in [0.2, 0.25) is 0 Å². The van der Waals surface area contributed by atoms with E-state index < -0.39 is 0 Å². The minimum absolute atomic E-state index is 0.596. The normalized spacial score (nSPS) is 10.8. The Kier molecular flexibility index (Phi) is 6.62. The molecule has 0 bridgehead atoms. The molecule has 0 N–H and O–H groups in total. The summed E-state index contributed by atoms with van der Waals surface area (Å²) in [4.78, 5) is 4.07. The van der Waals surface area contributed by atoms with E-state index in [1.165, 1.54) is 0 Å². The lowest BCUT2D eigenvalue weighted by molar-refractivity contribution is 0.185.